The Hall–Kier alpha value is -2.97. The summed E-state index contributed by atoms with van der Waals surface area (Å²) in [5.74, 6) is -13.4. The number of hydrogen-bond donors (Lipinski definition) is 0. The van der Waals surface area contributed by atoms with Gasteiger partial charge in [-0.3, -0.25) is 4.79 Å². The van der Waals surface area contributed by atoms with Gasteiger partial charge in [0.2, 0.25) is 11.9 Å². The molecule has 2 aromatic rings. The van der Waals surface area contributed by atoms with E-state index in [4.69, 9.17) is 9.47 Å². The van der Waals surface area contributed by atoms with Crippen LogP contribution in [0.1, 0.15) is 30.7 Å². The molecular formula is C23H17F5O4. The molecule has 0 bridgehead atoms. The summed E-state index contributed by atoms with van der Waals surface area (Å²) in [7, 11) is 0. The van der Waals surface area contributed by atoms with Crippen molar-refractivity contribution in [3.8, 4) is 5.75 Å². The molecule has 4 unspecified atom stereocenters. The zero-order chi connectivity index (χ0) is 23.0. The first-order valence-corrected chi connectivity index (χ1v) is 9.92. The van der Waals surface area contributed by atoms with Gasteiger partial charge in [-0.05, 0) is 49.7 Å². The monoisotopic (exact) mass is 452 g/mol. The molecule has 2 fully saturated rings. The lowest BCUT2D eigenvalue weighted by Gasteiger charge is -2.25. The average Bonchev–Trinajstić information content (AvgIpc) is 3.31. The maximum absolute atomic E-state index is 14.6. The first-order valence-electron chi connectivity index (χ1n) is 9.92. The second-order valence-electron chi connectivity index (χ2n) is 7.72. The molecular weight excluding hydrogens is 435 g/mol. The highest BCUT2D eigenvalue weighted by Gasteiger charge is 2.49. The lowest BCUT2D eigenvalue weighted by molar-refractivity contribution is -0.133. The maximum atomic E-state index is 14.6. The maximum Gasteiger partial charge on any atom is 0.348 e. The zero-order valence-corrected chi connectivity index (χ0v) is 16.5. The summed E-state index contributed by atoms with van der Waals surface area (Å²) in [6, 6.07) is 8.05. The van der Waals surface area contributed by atoms with Gasteiger partial charge in [0.15, 0.2) is 23.3 Å². The van der Waals surface area contributed by atoms with Crippen LogP contribution in [-0.2, 0) is 14.3 Å². The number of carbonyl (C=O) groups excluding carboxylic acids is 2. The van der Waals surface area contributed by atoms with Crippen molar-refractivity contribution in [2.45, 2.75) is 31.3 Å². The van der Waals surface area contributed by atoms with Crippen molar-refractivity contribution in [2.24, 2.45) is 11.8 Å². The highest BCUT2D eigenvalue weighted by molar-refractivity contribution is 5.87. The molecule has 2 radical (unpaired) electrons. The van der Waals surface area contributed by atoms with E-state index in [0.717, 1.165) is 0 Å². The Morgan fingerprint density at radius 3 is 2.22 bits per heavy atom. The highest BCUT2D eigenvalue weighted by atomic mass is 19.2. The quantitative estimate of drug-likeness (QED) is 0.151. The Morgan fingerprint density at radius 1 is 1.03 bits per heavy atom. The number of rotatable bonds is 7. The van der Waals surface area contributed by atoms with Gasteiger partial charge < -0.3 is 9.47 Å². The fourth-order valence-corrected chi connectivity index (χ4v) is 4.13. The summed E-state index contributed by atoms with van der Waals surface area (Å²) in [6.45, 7) is 0. The minimum absolute atomic E-state index is 0.227. The summed E-state index contributed by atoms with van der Waals surface area (Å²) in [4.78, 5) is 23.5. The Morgan fingerprint density at radius 2 is 1.62 bits per heavy atom. The first kappa shape index (κ1) is 22.2. The van der Waals surface area contributed by atoms with Crippen LogP contribution in [0.3, 0.4) is 0 Å². The molecule has 0 amide bonds. The molecule has 4 rings (SSSR count). The van der Waals surface area contributed by atoms with Crippen LogP contribution < -0.4 is 4.74 Å². The number of epoxide rings is 1. The van der Waals surface area contributed by atoms with E-state index in [1.165, 1.54) is 18.6 Å². The van der Waals surface area contributed by atoms with E-state index in [-0.39, 0.29) is 24.5 Å². The van der Waals surface area contributed by atoms with E-state index in [9.17, 15) is 31.5 Å². The second kappa shape index (κ2) is 8.88. The van der Waals surface area contributed by atoms with Crippen LogP contribution in [0, 0.1) is 53.8 Å². The van der Waals surface area contributed by atoms with E-state index in [1.807, 2.05) is 0 Å². The number of benzene rings is 2. The van der Waals surface area contributed by atoms with Gasteiger partial charge in [-0.25, -0.2) is 26.7 Å². The van der Waals surface area contributed by atoms with E-state index in [1.54, 1.807) is 24.6 Å². The zero-order valence-electron chi connectivity index (χ0n) is 16.5. The normalized spacial score (nSPS) is 23.0. The van der Waals surface area contributed by atoms with Crippen LogP contribution >= 0.6 is 0 Å². The second-order valence-corrected chi connectivity index (χ2v) is 7.72. The molecule has 2 aliphatic rings. The van der Waals surface area contributed by atoms with Crippen LogP contribution in [0.15, 0.2) is 30.3 Å². The Bertz CT molecular complexity index is 1010. The molecule has 0 aromatic heterocycles. The van der Waals surface area contributed by atoms with E-state index >= 15 is 0 Å². The molecule has 1 saturated heterocycles. The number of esters is 1. The molecule has 9 heteroatoms. The molecule has 1 saturated carbocycles. The summed E-state index contributed by atoms with van der Waals surface area (Å²) < 4.78 is 80.4. The van der Waals surface area contributed by atoms with Gasteiger partial charge >= 0.3 is 11.9 Å². The fourth-order valence-electron chi connectivity index (χ4n) is 4.13. The number of carbonyl (C=O) groups is 2. The minimum Gasteiger partial charge on any atom is -0.447 e. The predicted octanol–water partition coefficient (Wildman–Crippen LogP) is 4.82. The van der Waals surface area contributed by atoms with Crippen LogP contribution in [0.25, 0.3) is 0 Å². The SMILES string of the molecule is O=C(C[CH]C(c1c(F)c(F)c(F)c(F)c1F)C1C[CH]C(C2OC2=O)C1)Oc1ccccc1. The van der Waals surface area contributed by atoms with Crippen molar-refractivity contribution < 1.29 is 41.0 Å². The smallest absolute Gasteiger partial charge is 0.348 e. The summed E-state index contributed by atoms with van der Waals surface area (Å²) >= 11 is 0. The van der Waals surface area contributed by atoms with Crippen LogP contribution in [0.5, 0.6) is 5.75 Å². The van der Waals surface area contributed by atoms with Gasteiger partial charge in [-0.1, -0.05) is 18.2 Å². The van der Waals surface area contributed by atoms with Crippen LogP contribution in [0.4, 0.5) is 22.0 Å². The van der Waals surface area contributed by atoms with E-state index < -0.39 is 70.9 Å². The third kappa shape index (κ3) is 4.33. The Kier molecular flexibility index (Phi) is 6.17. The first-order chi connectivity index (χ1) is 15.3. The van der Waals surface area contributed by atoms with Gasteiger partial charge in [0, 0.05) is 17.9 Å². The van der Waals surface area contributed by atoms with Gasteiger partial charge in [-0.15, -0.1) is 0 Å². The molecule has 32 heavy (non-hydrogen) atoms. The summed E-state index contributed by atoms with van der Waals surface area (Å²) in [6.07, 6.45) is 2.31. The van der Waals surface area contributed by atoms with Crippen LogP contribution in [-0.4, -0.2) is 18.0 Å². The predicted molar refractivity (Wildman–Crippen MR) is 100 cm³/mol. The van der Waals surface area contributed by atoms with Gasteiger partial charge in [0.25, 0.3) is 0 Å². The van der Waals surface area contributed by atoms with Crippen molar-refractivity contribution in [2.75, 3.05) is 0 Å². The van der Waals surface area contributed by atoms with E-state index in [0.29, 0.717) is 0 Å². The van der Waals surface area contributed by atoms with Crippen molar-refractivity contribution >= 4 is 11.9 Å². The van der Waals surface area contributed by atoms with Gasteiger partial charge in [0.1, 0.15) is 5.75 Å². The topological polar surface area (TPSA) is 55.9 Å². The molecule has 0 N–H and O–H groups in total. The van der Waals surface area contributed by atoms with Crippen LogP contribution in [0.2, 0.25) is 0 Å². The molecule has 1 aliphatic carbocycles. The highest BCUT2D eigenvalue weighted by Crippen LogP contribution is 2.47. The van der Waals surface area contributed by atoms with Gasteiger partial charge in [-0.2, -0.15) is 0 Å². The number of halogens is 5. The fraction of sp³-hybridized carbons (Fsp3) is 0.304. The van der Waals surface area contributed by atoms with Crippen molar-refractivity contribution in [1.29, 1.82) is 0 Å². The molecule has 1 aliphatic heterocycles. The minimum atomic E-state index is -2.25. The molecule has 0 spiro atoms. The molecule has 1 heterocycles. The molecule has 4 nitrogen and oxygen atoms in total. The summed E-state index contributed by atoms with van der Waals surface area (Å²) in [5.41, 5.74) is -1.00. The van der Waals surface area contributed by atoms with Crippen molar-refractivity contribution in [3.63, 3.8) is 0 Å². The summed E-state index contributed by atoms with van der Waals surface area (Å²) in [5, 5.41) is 0. The number of para-hydroxylation sites is 1. The Labute approximate surface area is 180 Å². The standard InChI is InChI=1S/C23H17F5O4/c24-17-16(18(25)20(27)21(28)19(17)26)14(11-6-7-12(10-11)22-23(30)32-22)8-9-15(29)31-13-4-2-1-3-5-13/h1-5,7-8,11-12,14,22H,6,9-10H2. The lowest BCUT2D eigenvalue weighted by atomic mass is 9.80. The Balaban J connectivity index is 1.58. The number of cyclic esters (lactones) is 1. The number of hydrogen-bond acceptors (Lipinski definition) is 4. The van der Waals surface area contributed by atoms with Gasteiger partial charge in [0.05, 0.1) is 0 Å². The van der Waals surface area contributed by atoms with E-state index in [2.05, 4.69) is 0 Å². The van der Waals surface area contributed by atoms with Crippen molar-refractivity contribution in [3.05, 3.63) is 77.8 Å². The average molecular weight is 452 g/mol. The van der Waals surface area contributed by atoms with Crippen molar-refractivity contribution in [1.82, 2.24) is 0 Å². The third-order valence-corrected chi connectivity index (χ3v) is 5.72. The lowest BCUT2D eigenvalue weighted by Crippen LogP contribution is -2.20. The third-order valence-electron chi connectivity index (χ3n) is 5.72. The molecule has 2 aromatic carbocycles. The largest absolute Gasteiger partial charge is 0.447 e. The molecule has 4 atom stereocenters. The number of ether oxygens (including phenoxy) is 2. The molecule has 168 valence electrons.